The maximum atomic E-state index is 9.73. The van der Waals surface area contributed by atoms with E-state index in [9.17, 15) is 5.11 Å². The maximum Gasteiger partial charge on any atom is 0.166 e. The van der Waals surface area contributed by atoms with Crippen molar-refractivity contribution in [2.24, 2.45) is 0 Å². The molecule has 2 aliphatic rings. The minimum atomic E-state index is -0.756. The highest BCUT2D eigenvalue weighted by Crippen LogP contribution is 2.43. The second-order valence-corrected chi connectivity index (χ2v) is 7.72. The van der Waals surface area contributed by atoms with E-state index in [1.54, 1.807) is 17.0 Å². The normalized spacial score (nSPS) is 28.0. The Kier molecular flexibility index (Phi) is 4.21. The molecule has 5 rings (SSSR count). The van der Waals surface area contributed by atoms with Gasteiger partial charge in [-0.3, -0.25) is 4.57 Å². The molecule has 0 unspecified atom stereocenters. The van der Waals surface area contributed by atoms with Crippen molar-refractivity contribution >= 4 is 28.4 Å². The number of pyridine rings is 1. The van der Waals surface area contributed by atoms with E-state index in [0.717, 1.165) is 5.69 Å². The van der Waals surface area contributed by atoms with Gasteiger partial charge >= 0.3 is 0 Å². The molecule has 9 nitrogen and oxygen atoms in total. The number of nitrogens with zero attached hydrogens (tertiary/aromatic N) is 3. The number of nitrogens with one attached hydrogen (secondary N) is 1. The molecule has 2 aromatic heterocycles. The lowest BCUT2D eigenvalue weighted by atomic mass is 10.1. The molecular formula is C20H23N5O4. The highest BCUT2D eigenvalue weighted by Gasteiger charge is 2.55. The van der Waals surface area contributed by atoms with Gasteiger partial charge in [-0.05, 0) is 26.0 Å². The summed E-state index contributed by atoms with van der Waals surface area (Å²) in [5.74, 6) is -0.159. The standard InChI is InChI=1S/C20H23N5O4/c1-20(2)28-16-13(9-26)27-19(17(16)29-20)25-10-22-15-12(21)8-14(24-18(15)25)23-11-6-4-3-5-7-11/h3-8,10,13,16-17,19,26H,9H2,1-2H3,(H3,21,23,24)/t13-,16-,17-,19-/m1/s1. The third-order valence-corrected chi connectivity index (χ3v) is 5.19. The van der Waals surface area contributed by atoms with E-state index in [2.05, 4.69) is 10.3 Å². The Labute approximate surface area is 167 Å². The van der Waals surface area contributed by atoms with E-state index >= 15 is 0 Å². The molecule has 9 heteroatoms. The average Bonchev–Trinajstić information content (AvgIpc) is 3.33. The summed E-state index contributed by atoms with van der Waals surface area (Å²) in [6.45, 7) is 3.53. The Hall–Kier alpha value is -2.72. The van der Waals surface area contributed by atoms with Gasteiger partial charge in [0.2, 0.25) is 0 Å². The lowest BCUT2D eigenvalue weighted by Gasteiger charge is -2.24. The summed E-state index contributed by atoms with van der Waals surface area (Å²) in [5, 5.41) is 13.0. The quantitative estimate of drug-likeness (QED) is 0.613. The molecule has 4 atom stereocenters. The Bertz CT molecular complexity index is 1040. The number of aromatic nitrogens is 3. The van der Waals surface area contributed by atoms with Crippen molar-refractivity contribution in [2.45, 2.75) is 44.2 Å². The molecule has 2 fully saturated rings. The van der Waals surface area contributed by atoms with Gasteiger partial charge in [-0.2, -0.15) is 0 Å². The average molecular weight is 397 g/mol. The number of nitrogens with two attached hydrogens (primary N) is 1. The summed E-state index contributed by atoms with van der Waals surface area (Å²) in [5.41, 5.74) is 8.78. The Balaban J connectivity index is 1.53. The first-order valence-electron chi connectivity index (χ1n) is 9.52. The van der Waals surface area contributed by atoms with Crippen molar-refractivity contribution in [1.29, 1.82) is 0 Å². The number of imidazole rings is 1. The first kappa shape index (κ1) is 18.3. The summed E-state index contributed by atoms with van der Waals surface area (Å²) in [4.78, 5) is 9.13. The number of anilines is 3. The van der Waals surface area contributed by atoms with Crippen molar-refractivity contribution in [3.8, 4) is 0 Å². The highest BCUT2D eigenvalue weighted by molar-refractivity contribution is 5.87. The molecule has 2 aliphatic heterocycles. The molecular weight excluding hydrogens is 374 g/mol. The number of aliphatic hydroxyl groups is 1. The summed E-state index contributed by atoms with van der Waals surface area (Å²) in [6.07, 6.45) is -0.167. The molecule has 2 saturated heterocycles. The second-order valence-electron chi connectivity index (χ2n) is 7.72. The highest BCUT2D eigenvalue weighted by atomic mass is 16.8. The molecule has 4 heterocycles. The second kappa shape index (κ2) is 6.67. The van der Waals surface area contributed by atoms with Crippen LogP contribution in [0.2, 0.25) is 0 Å². The maximum absolute atomic E-state index is 9.73. The van der Waals surface area contributed by atoms with Crippen LogP contribution < -0.4 is 11.1 Å². The monoisotopic (exact) mass is 397 g/mol. The topological polar surface area (TPSA) is 117 Å². The number of hydrogen-bond donors (Lipinski definition) is 3. The molecule has 0 aliphatic carbocycles. The van der Waals surface area contributed by atoms with Crippen LogP contribution in [0.3, 0.4) is 0 Å². The zero-order chi connectivity index (χ0) is 20.2. The van der Waals surface area contributed by atoms with Gasteiger partial charge in [0.25, 0.3) is 0 Å². The van der Waals surface area contributed by atoms with Crippen LogP contribution in [0.5, 0.6) is 0 Å². The Morgan fingerprint density at radius 3 is 2.72 bits per heavy atom. The smallest absolute Gasteiger partial charge is 0.166 e. The molecule has 0 spiro atoms. The van der Waals surface area contributed by atoms with Crippen LogP contribution >= 0.6 is 0 Å². The number of aliphatic hydroxyl groups excluding tert-OH is 1. The minimum Gasteiger partial charge on any atom is -0.397 e. The molecule has 4 N–H and O–H groups in total. The van der Waals surface area contributed by atoms with Crippen molar-refractivity contribution in [3.63, 3.8) is 0 Å². The van der Waals surface area contributed by atoms with E-state index in [0.29, 0.717) is 22.7 Å². The molecule has 29 heavy (non-hydrogen) atoms. The molecule has 0 radical (unpaired) electrons. The van der Waals surface area contributed by atoms with Gasteiger partial charge in [-0.15, -0.1) is 0 Å². The summed E-state index contributed by atoms with van der Waals surface area (Å²) in [7, 11) is 0. The Morgan fingerprint density at radius 2 is 1.97 bits per heavy atom. The van der Waals surface area contributed by atoms with Crippen LogP contribution in [0.15, 0.2) is 42.7 Å². The predicted molar refractivity (Wildman–Crippen MR) is 106 cm³/mol. The van der Waals surface area contributed by atoms with Gasteiger partial charge in [0.15, 0.2) is 17.7 Å². The van der Waals surface area contributed by atoms with Gasteiger partial charge in [-0.25, -0.2) is 9.97 Å². The zero-order valence-corrected chi connectivity index (χ0v) is 16.1. The first-order chi connectivity index (χ1) is 13.9. The zero-order valence-electron chi connectivity index (χ0n) is 16.1. The molecule has 0 bridgehead atoms. The fourth-order valence-corrected chi connectivity index (χ4v) is 3.98. The lowest BCUT2D eigenvalue weighted by Crippen LogP contribution is -2.31. The summed E-state index contributed by atoms with van der Waals surface area (Å²) >= 11 is 0. The van der Waals surface area contributed by atoms with E-state index < -0.39 is 24.2 Å². The summed E-state index contributed by atoms with van der Waals surface area (Å²) in [6, 6.07) is 11.5. The number of para-hydroxylation sites is 1. The van der Waals surface area contributed by atoms with Gasteiger partial charge in [0, 0.05) is 11.8 Å². The van der Waals surface area contributed by atoms with E-state index in [1.165, 1.54) is 0 Å². The predicted octanol–water partition coefficient (Wildman–Crippen LogP) is 2.17. The van der Waals surface area contributed by atoms with Crippen molar-refractivity contribution in [3.05, 3.63) is 42.7 Å². The third-order valence-electron chi connectivity index (χ3n) is 5.19. The number of ether oxygens (including phenoxy) is 3. The summed E-state index contributed by atoms with van der Waals surface area (Å²) < 4.78 is 19.8. The lowest BCUT2D eigenvalue weighted by molar-refractivity contribution is -0.199. The van der Waals surface area contributed by atoms with Crippen molar-refractivity contribution in [2.75, 3.05) is 17.7 Å². The third kappa shape index (κ3) is 3.12. The van der Waals surface area contributed by atoms with Crippen LogP contribution in [0.1, 0.15) is 20.1 Å². The Morgan fingerprint density at radius 1 is 1.21 bits per heavy atom. The van der Waals surface area contributed by atoms with Crippen LogP contribution in [-0.2, 0) is 14.2 Å². The molecule has 1 aromatic carbocycles. The van der Waals surface area contributed by atoms with E-state index in [1.807, 2.05) is 44.2 Å². The SMILES string of the molecule is CC1(C)O[C@@H]2[C@H](O1)[C@@H](CO)O[C@H]2n1cnc2c(N)cc(Nc3ccccc3)nc21. The van der Waals surface area contributed by atoms with Crippen LogP contribution in [-0.4, -0.2) is 50.3 Å². The minimum absolute atomic E-state index is 0.167. The van der Waals surface area contributed by atoms with Crippen LogP contribution in [0.4, 0.5) is 17.2 Å². The van der Waals surface area contributed by atoms with Gasteiger partial charge in [0.05, 0.1) is 18.6 Å². The number of fused-ring (bicyclic) bond motifs is 2. The number of nitrogen functional groups attached to an aromatic ring is 1. The number of benzene rings is 1. The number of hydrogen-bond acceptors (Lipinski definition) is 8. The first-order valence-corrected chi connectivity index (χ1v) is 9.52. The van der Waals surface area contributed by atoms with Crippen molar-refractivity contribution < 1.29 is 19.3 Å². The molecule has 0 saturated carbocycles. The molecule has 152 valence electrons. The largest absolute Gasteiger partial charge is 0.397 e. The van der Waals surface area contributed by atoms with Gasteiger partial charge in [0.1, 0.15) is 29.6 Å². The van der Waals surface area contributed by atoms with Crippen LogP contribution in [0, 0.1) is 0 Å². The van der Waals surface area contributed by atoms with Gasteiger partial charge < -0.3 is 30.4 Å². The van der Waals surface area contributed by atoms with Crippen molar-refractivity contribution in [1.82, 2.24) is 14.5 Å². The van der Waals surface area contributed by atoms with Crippen LogP contribution in [0.25, 0.3) is 11.2 Å². The van der Waals surface area contributed by atoms with E-state index in [4.69, 9.17) is 24.9 Å². The number of rotatable bonds is 4. The molecule has 0 amide bonds. The van der Waals surface area contributed by atoms with Gasteiger partial charge in [-0.1, -0.05) is 18.2 Å². The van der Waals surface area contributed by atoms with E-state index in [-0.39, 0.29) is 12.7 Å². The molecule has 3 aromatic rings. The fourth-order valence-electron chi connectivity index (χ4n) is 3.98. The fraction of sp³-hybridized carbons (Fsp3) is 0.400.